The Hall–Kier alpha value is -1.95. The van der Waals surface area contributed by atoms with Crippen LogP contribution in [0.2, 0.25) is 0 Å². The minimum atomic E-state index is -0.466. The third kappa shape index (κ3) is 3.86. The third-order valence-electron chi connectivity index (χ3n) is 8.24. The number of nitrogens with zero attached hydrogens (tertiary/aromatic N) is 2. The second kappa shape index (κ2) is 8.29. The first-order valence-corrected chi connectivity index (χ1v) is 11.9. The molecule has 0 radical (unpaired) electrons. The van der Waals surface area contributed by atoms with Crippen LogP contribution in [0.15, 0.2) is 24.3 Å². The standard InChI is InChI=1S/C24H33N3O3/c28-24(22-9-1-2-10-23(22)27(29)30)25-18-14-19-7-4-8-20(15-18)26(19)21-12-16-5-3-6-17(11-16)13-21/h1-2,9-10,16-21H,3-8,11-15H2,(H,25,28)/t16-,17+,18-,19+,20-,21?. The zero-order valence-electron chi connectivity index (χ0n) is 17.7. The molecule has 4 aliphatic rings. The summed E-state index contributed by atoms with van der Waals surface area (Å²) in [6, 6.07) is 8.23. The molecule has 30 heavy (non-hydrogen) atoms. The molecule has 6 atom stereocenters. The summed E-state index contributed by atoms with van der Waals surface area (Å²) >= 11 is 0. The van der Waals surface area contributed by atoms with E-state index in [2.05, 4.69) is 10.2 Å². The van der Waals surface area contributed by atoms with Crippen LogP contribution in [-0.4, -0.2) is 39.9 Å². The highest BCUT2D eigenvalue weighted by Crippen LogP contribution is 2.45. The number of fused-ring (bicyclic) bond motifs is 4. The second-order valence-electron chi connectivity index (χ2n) is 10.1. The lowest BCUT2D eigenvalue weighted by Gasteiger charge is -2.55. The minimum absolute atomic E-state index is 0.110. The second-order valence-corrected chi connectivity index (χ2v) is 10.1. The van der Waals surface area contributed by atoms with Gasteiger partial charge in [0.15, 0.2) is 0 Å². The summed E-state index contributed by atoms with van der Waals surface area (Å²) in [7, 11) is 0. The molecule has 0 aromatic heterocycles. The van der Waals surface area contributed by atoms with E-state index in [1.807, 2.05) is 0 Å². The average molecular weight is 412 g/mol. The van der Waals surface area contributed by atoms with Gasteiger partial charge in [-0.3, -0.25) is 19.8 Å². The van der Waals surface area contributed by atoms with Crippen molar-refractivity contribution < 1.29 is 9.72 Å². The average Bonchev–Trinajstić information content (AvgIpc) is 2.72. The van der Waals surface area contributed by atoms with Crippen molar-refractivity contribution in [3.63, 3.8) is 0 Å². The lowest BCUT2D eigenvalue weighted by molar-refractivity contribution is -0.385. The number of nitrogens with one attached hydrogen (secondary N) is 1. The minimum Gasteiger partial charge on any atom is -0.349 e. The van der Waals surface area contributed by atoms with Gasteiger partial charge in [0, 0.05) is 30.2 Å². The number of piperidine rings is 2. The van der Waals surface area contributed by atoms with Crippen molar-refractivity contribution in [2.24, 2.45) is 11.8 Å². The van der Waals surface area contributed by atoms with Crippen LogP contribution in [0, 0.1) is 22.0 Å². The first-order valence-electron chi connectivity index (χ1n) is 11.9. The first kappa shape index (κ1) is 20.0. The number of hydrogen-bond acceptors (Lipinski definition) is 4. The molecule has 1 aromatic carbocycles. The van der Waals surface area contributed by atoms with Crippen molar-refractivity contribution in [2.45, 2.75) is 94.8 Å². The molecule has 2 saturated heterocycles. The Bertz CT molecular complexity index is 787. The molecule has 2 aliphatic heterocycles. The molecule has 4 fully saturated rings. The van der Waals surface area contributed by atoms with E-state index in [4.69, 9.17) is 0 Å². The van der Waals surface area contributed by atoms with Crippen LogP contribution in [0.5, 0.6) is 0 Å². The highest BCUT2D eigenvalue weighted by atomic mass is 16.6. The fourth-order valence-electron chi connectivity index (χ4n) is 7.16. The number of benzene rings is 1. The first-order chi connectivity index (χ1) is 14.6. The maximum atomic E-state index is 12.8. The lowest BCUT2D eigenvalue weighted by atomic mass is 9.68. The predicted molar refractivity (Wildman–Crippen MR) is 115 cm³/mol. The van der Waals surface area contributed by atoms with Crippen LogP contribution in [0.3, 0.4) is 0 Å². The number of nitro groups is 1. The molecule has 2 heterocycles. The van der Waals surface area contributed by atoms with E-state index in [-0.39, 0.29) is 23.2 Å². The maximum absolute atomic E-state index is 12.8. The topological polar surface area (TPSA) is 75.5 Å². The van der Waals surface area contributed by atoms with E-state index in [9.17, 15) is 14.9 Å². The van der Waals surface area contributed by atoms with Crippen LogP contribution in [-0.2, 0) is 0 Å². The summed E-state index contributed by atoms with van der Waals surface area (Å²) in [6.45, 7) is 0. The van der Waals surface area contributed by atoms with Crippen LogP contribution in [0.25, 0.3) is 0 Å². The predicted octanol–water partition coefficient (Wildman–Crippen LogP) is 4.68. The highest BCUT2D eigenvalue weighted by molar-refractivity contribution is 5.98. The molecule has 4 bridgehead atoms. The SMILES string of the molecule is O=C(N[C@H]1C[C@H]2CCC[C@@H](C1)N2C1C[C@H]2CCC[C@@H](C1)C2)c1ccccc1[N+](=O)[O-]. The van der Waals surface area contributed by atoms with Gasteiger partial charge in [0.25, 0.3) is 11.6 Å². The van der Waals surface area contributed by atoms with Crippen molar-refractivity contribution in [3.05, 3.63) is 39.9 Å². The summed E-state index contributed by atoms with van der Waals surface area (Å²) in [5.41, 5.74) is 0.0663. The van der Waals surface area contributed by atoms with Crippen molar-refractivity contribution in [1.82, 2.24) is 10.2 Å². The van der Waals surface area contributed by atoms with Gasteiger partial charge in [-0.05, 0) is 62.8 Å². The number of carbonyl (C=O) groups is 1. The zero-order chi connectivity index (χ0) is 20.7. The van der Waals surface area contributed by atoms with Gasteiger partial charge >= 0.3 is 0 Å². The summed E-state index contributed by atoms with van der Waals surface area (Å²) in [6.07, 6.45) is 14.2. The smallest absolute Gasteiger partial charge is 0.282 e. The third-order valence-corrected chi connectivity index (χ3v) is 8.24. The van der Waals surface area contributed by atoms with Crippen LogP contribution in [0.4, 0.5) is 5.69 Å². The van der Waals surface area contributed by atoms with Crippen LogP contribution >= 0.6 is 0 Å². The van der Waals surface area contributed by atoms with E-state index in [1.165, 1.54) is 63.9 Å². The van der Waals surface area contributed by atoms with Crippen molar-refractivity contribution in [2.75, 3.05) is 0 Å². The number of rotatable bonds is 4. The molecule has 2 saturated carbocycles. The molecule has 1 aromatic rings. The Morgan fingerprint density at radius 3 is 2.20 bits per heavy atom. The monoisotopic (exact) mass is 411 g/mol. The molecule has 5 rings (SSSR count). The molecule has 6 heteroatoms. The molecule has 1 unspecified atom stereocenters. The Morgan fingerprint density at radius 2 is 1.53 bits per heavy atom. The van der Waals surface area contributed by atoms with Crippen molar-refractivity contribution in [1.29, 1.82) is 0 Å². The molecule has 1 N–H and O–H groups in total. The van der Waals surface area contributed by atoms with Gasteiger partial charge in [0.1, 0.15) is 5.56 Å². The Balaban J connectivity index is 1.27. The fourth-order valence-corrected chi connectivity index (χ4v) is 7.16. The molecule has 162 valence electrons. The van der Waals surface area contributed by atoms with Crippen molar-refractivity contribution >= 4 is 11.6 Å². The fraction of sp³-hybridized carbons (Fsp3) is 0.708. The number of hydrogen-bond donors (Lipinski definition) is 1. The van der Waals surface area contributed by atoms with E-state index in [0.717, 1.165) is 30.7 Å². The van der Waals surface area contributed by atoms with Gasteiger partial charge in [0.2, 0.25) is 0 Å². The summed E-state index contributed by atoms with van der Waals surface area (Å²) < 4.78 is 0. The lowest BCUT2D eigenvalue weighted by Crippen LogP contribution is -2.61. The van der Waals surface area contributed by atoms with E-state index < -0.39 is 4.92 Å². The molecule has 6 nitrogen and oxygen atoms in total. The Morgan fingerprint density at radius 1 is 0.900 bits per heavy atom. The van der Waals surface area contributed by atoms with E-state index >= 15 is 0 Å². The van der Waals surface area contributed by atoms with Gasteiger partial charge in [-0.25, -0.2) is 0 Å². The van der Waals surface area contributed by atoms with E-state index in [1.54, 1.807) is 18.2 Å². The highest BCUT2D eigenvalue weighted by Gasteiger charge is 2.45. The summed E-state index contributed by atoms with van der Waals surface area (Å²) in [4.78, 5) is 26.5. The molecular formula is C24H33N3O3. The molecule has 1 amide bonds. The van der Waals surface area contributed by atoms with Gasteiger partial charge in [-0.15, -0.1) is 0 Å². The van der Waals surface area contributed by atoms with Gasteiger partial charge < -0.3 is 5.32 Å². The molecular weight excluding hydrogens is 378 g/mol. The Kier molecular flexibility index (Phi) is 5.52. The van der Waals surface area contributed by atoms with E-state index in [0.29, 0.717) is 12.1 Å². The summed E-state index contributed by atoms with van der Waals surface area (Å²) in [5.74, 6) is 1.56. The van der Waals surface area contributed by atoms with Crippen LogP contribution in [0.1, 0.15) is 81.0 Å². The van der Waals surface area contributed by atoms with Gasteiger partial charge in [0.05, 0.1) is 4.92 Å². The maximum Gasteiger partial charge on any atom is 0.282 e. The summed E-state index contributed by atoms with van der Waals surface area (Å²) in [5, 5.41) is 14.4. The molecule has 2 aliphatic carbocycles. The van der Waals surface area contributed by atoms with Crippen LogP contribution < -0.4 is 5.32 Å². The number of para-hydroxylation sites is 1. The number of carbonyl (C=O) groups excluding carboxylic acids is 1. The molecule has 0 spiro atoms. The quantitative estimate of drug-likeness (QED) is 0.577. The van der Waals surface area contributed by atoms with Crippen molar-refractivity contribution in [3.8, 4) is 0 Å². The number of nitro benzene ring substituents is 1. The van der Waals surface area contributed by atoms with Gasteiger partial charge in [-0.2, -0.15) is 0 Å². The zero-order valence-corrected chi connectivity index (χ0v) is 17.7. The normalized spacial score (nSPS) is 36.1. The number of amides is 1. The largest absolute Gasteiger partial charge is 0.349 e. The Labute approximate surface area is 178 Å². The van der Waals surface area contributed by atoms with Gasteiger partial charge in [-0.1, -0.05) is 37.8 Å².